The topological polar surface area (TPSA) is 71.0 Å². The van der Waals surface area contributed by atoms with Crippen LogP contribution in [0.4, 0.5) is 5.69 Å². The van der Waals surface area contributed by atoms with E-state index in [-0.39, 0.29) is 0 Å². The molecule has 1 aromatic heterocycles. The first-order chi connectivity index (χ1) is 18.1. The lowest BCUT2D eigenvalue weighted by molar-refractivity contribution is 0.331. The van der Waals surface area contributed by atoms with E-state index in [0.29, 0.717) is 6.61 Å². The molecule has 3 aromatic rings. The molecule has 0 atom stereocenters. The van der Waals surface area contributed by atoms with E-state index >= 15 is 0 Å². The lowest BCUT2D eigenvalue weighted by Crippen LogP contribution is -2.33. The van der Waals surface area contributed by atoms with Crippen LogP contribution in [0, 0.1) is 6.92 Å². The Morgan fingerprint density at radius 3 is 2.89 bits per heavy atom. The number of nitrogens with one attached hydrogen (secondary N) is 2. The van der Waals surface area contributed by atoms with Gasteiger partial charge in [0, 0.05) is 41.5 Å². The molecule has 0 saturated heterocycles. The first-order valence-electron chi connectivity index (χ1n) is 13.0. The third-order valence-electron chi connectivity index (χ3n) is 6.77. The minimum atomic E-state index is 0.632. The molecule has 2 N–H and O–H groups in total. The highest BCUT2D eigenvalue weighted by Gasteiger charge is 2.19. The standard InChI is InChI=1S/C30H35N5O2/c1-5-21(7-9-24-18-32-30(34-24)31-6-2)22-8-12-29-23(16-22)19-35(13-14-37-29)28-15-20(3)33-27-17-25(36-4)10-11-26(27)28/h7-12,15-17H,5-6,13-14,18-19H2,1-4H3,(H2,31,32,34)/b21-7+,24-9+. The number of methoxy groups -OCH3 is 1. The number of hydrogen-bond donors (Lipinski definition) is 2. The summed E-state index contributed by atoms with van der Waals surface area (Å²) in [4.78, 5) is 11.8. The number of aryl methyl sites for hydroxylation is 1. The van der Waals surface area contributed by atoms with Crippen LogP contribution < -0.4 is 25.0 Å². The van der Waals surface area contributed by atoms with E-state index in [9.17, 15) is 0 Å². The van der Waals surface area contributed by atoms with Gasteiger partial charge in [-0.3, -0.25) is 4.98 Å². The van der Waals surface area contributed by atoms with Crippen molar-refractivity contribution in [3.63, 3.8) is 0 Å². The molecular formula is C30H35N5O2. The van der Waals surface area contributed by atoms with Gasteiger partial charge in [0.2, 0.25) is 0 Å². The lowest BCUT2D eigenvalue weighted by atomic mass is 9.99. The molecule has 37 heavy (non-hydrogen) atoms. The number of fused-ring (bicyclic) bond motifs is 2. The van der Waals surface area contributed by atoms with Crippen LogP contribution in [0.3, 0.4) is 0 Å². The zero-order chi connectivity index (χ0) is 25.8. The second kappa shape index (κ2) is 10.9. The van der Waals surface area contributed by atoms with Gasteiger partial charge in [-0.1, -0.05) is 19.1 Å². The molecule has 3 heterocycles. The monoisotopic (exact) mass is 497 g/mol. The van der Waals surface area contributed by atoms with Crippen LogP contribution in [0.15, 0.2) is 65.3 Å². The van der Waals surface area contributed by atoms with Crippen molar-refractivity contribution in [2.24, 2.45) is 4.99 Å². The first kappa shape index (κ1) is 24.7. The highest BCUT2D eigenvalue weighted by Crippen LogP contribution is 2.34. The molecule has 7 nitrogen and oxygen atoms in total. The van der Waals surface area contributed by atoms with Crippen LogP contribution >= 0.6 is 0 Å². The van der Waals surface area contributed by atoms with Gasteiger partial charge in [-0.05, 0) is 67.8 Å². The number of allylic oxidation sites excluding steroid dienone is 3. The van der Waals surface area contributed by atoms with Crippen LogP contribution in [-0.4, -0.2) is 44.3 Å². The highest BCUT2D eigenvalue weighted by atomic mass is 16.5. The van der Waals surface area contributed by atoms with Crippen LogP contribution in [0.25, 0.3) is 16.5 Å². The normalized spacial score (nSPS) is 16.6. The van der Waals surface area contributed by atoms with E-state index in [2.05, 4.69) is 76.9 Å². The Morgan fingerprint density at radius 1 is 1.19 bits per heavy atom. The van der Waals surface area contributed by atoms with Crippen molar-refractivity contribution in [2.45, 2.75) is 33.7 Å². The number of benzene rings is 2. The Hall–Kier alpha value is -4.00. The Balaban J connectivity index is 1.45. The van der Waals surface area contributed by atoms with Gasteiger partial charge in [-0.2, -0.15) is 0 Å². The number of rotatable bonds is 6. The van der Waals surface area contributed by atoms with E-state index in [1.54, 1.807) is 7.11 Å². The van der Waals surface area contributed by atoms with Crippen molar-refractivity contribution in [3.05, 3.63) is 77.1 Å². The van der Waals surface area contributed by atoms with E-state index in [0.717, 1.165) is 72.4 Å². The third-order valence-corrected chi connectivity index (χ3v) is 6.77. The summed E-state index contributed by atoms with van der Waals surface area (Å²) < 4.78 is 11.6. The number of guanidine groups is 1. The van der Waals surface area contributed by atoms with Gasteiger partial charge in [-0.25, -0.2) is 4.99 Å². The quantitative estimate of drug-likeness (QED) is 0.488. The lowest BCUT2D eigenvalue weighted by Gasteiger charge is -2.24. The average molecular weight is 498 g/mol. The largest absolute Gasteiger partial charge is 0.497 e. The summed E-state index contributed by atoms with van der Waals surface area (Å²) in [7, 11) is 1.69. The predicted molar refractivity (Wildman–Crippen MR) is 151 cm³/mol. The average Bonchev–Trinajstić information content (AvgIpc) is 3.24. The van der Waals surface area contributed by atoms with Crippen LogP contribution in [0.5, 0.6) is 11.5 Å². The molecule has 0 fully saturated rings. The van der Waals surface area contributed by atoms with E-state index in [1.165, 1.54) is 22.4 Å². The maximum atomic E-state index is 6.18. The Kier molecular flexibility index (Phi) is 7.30. The number of aliphatic imine (C=N–C) groups is 1. The summed E-state index contributed by atoms with van der Waals surface area (Å²) in [5, 5.41) is 7.64. The molecule has 0 radical (unpaired) electrons. The van der Waals surface area contributed by atoms with Gasteiger partial charge in [0.05, 0.1) is 31.4 Å². The molecular weight excluding hydrogens is 462 g/mol. The van der Waals surface area contributed by atoms with Gasteiger partial charge in [-0.15, -0.1) is 0 Å². The van der Waals surface area contributed by atoms with Crippen LogP contribution in [0.1, 0.15) is 37.1 Å². The number of hydrogen-bond acceptors (Lipinski definition) is 7. The maximum Gasteiger partial charge on any atom is 0.196 e. The molecule has 7 heteroatoms. The number of pyridine rings is 1. The fourth-order valence-corrected chi connectivity index (χ4v) is 4.88. The molecule has 2 aliphatic heterocycles. The summed E-state index contributed by atoms with van der Waals surface area (Å²) >= 11 is 0. The third kappa shape index (κ3) is 5.40. The summed E-state index contributed by atoms with van der Waals surface area (Å²) in [5.41, 5.74) is 7.81. The number of nitrogens with zero attached hydrogens (tertiary/aromatic N) is 3. The zero-order valence-electron chi connectivity index (χ0n) is 22.1. The minimum absolute atomic E-state index is 0.632. The van der Waals surface area contributed by atoms with Gasteiger partial charge in [0.15, 0.2) is 5.96 Å². The molecule has 2 aliphatic rings. The summed E-state index contributed by atoms with van der Waals surface area (Å²) in [5.74, 6) is 2.62. The van der Waals surface area contributed by atoms with E-state index in [4.69, 9.17) is 14.5 Å². The van der Waals surface area contributed by atoms with Gasteiger partial charge >= 0.3 is 0 Å². The molecule has 0 unspecified atom stereocenters. The van der Waals surface area contributed by atoms with Crippen molar-refractivity contribution in [1.29, 1.82) is 0 Å². The highest BCUT2D eigenvalue weighted by molar-refractivity contribution is 5.93. The zero-order valence-corrected chi connectivity index (χ0v) is 22.1. The van der Waals surface area contributed by atoms with Crippen molar-refractivity contribution in [2.75, 3.05) is 38.3 Å². The Labute approximate surface area is 218 Å². The van der Waals surface area contributed by atoms with Crippen LogP contribution in [0.2, 0.25) is 0 Å². The van der Waals surface area contributed by atoms with E-state index < -0.39 is 0 Å². The fourth-order valence-electron chi connectivity index (χ4n) is 4.88. The van der Waals surface area contributed by atoms with Crippen LogP contribution in [-0.2, 0) is 6.54 Å². The van der Waals surface area contributed by atoms with Gasteiger partial charge < -0.3 is 25.0 Å². The summed E-state index contributed by atoms with van der Waals surface area (Å²) in [6, 6.07) is 14.8. The Bertz CT molecular complexity index is 1390. The summed E-state index contributed by atoms with van der Waals surface area (Å²) in [6.45, 7) is 10.1. The molecule has 0 spiro atoms. The first-order valence-corrected chi connectivity index (χ1v) is 13.0. The number of anilines is 1. The maximum absolute atomic E-state index is 6.18. The molecule has 192 valence electrons. The number of ether oxygens (including phenoxy) is 2. The van der Waals surface area contributed by atoms with Gasteiger partial charge in [0.25, 0.3) is 0 Å². The second-order valence-corrected chi connectivity index (χ2v) is 9.31. The number of aromatic nitrogens is 1. The SMILES string of the molecule is CCNC1=N/C(=C/C=C(\CC)c2ccc3c(c2)CN(c2cc(C)nc4cc(OC)ccc24)CCO3)CN1. The fraction of sp³-hybridized carbons (Fsp3) is 0.333. The van der Waals surface area contributed by atoms with E-state index in [1.807, 2.05) is 19.1 Å². The predicted octanol–water partition coefficient (Wildman–Crippen LogP) is 5.20. The molecule has 0 amide bonds. The Morgan fingerprint density at radius 2 is 2.08 bits per heavy atom. The second-order valence-electron chi connectivity index (χ2n) is 9.31. The molecule has 5 rings (SSSR count). The smallest absolute Gasteiger partial charge is 0.196 e. The van der Waals surface area contributed by atoms with Gasteiger partial charge in [0.1, 0.15) is 18.1 Å². The molecule has 0 aliphatic carbocycles. The van der Waals surface area contributed by atoms with Crippen molar-refractivity contribution in [3.8, 4) is 11.5 Å². The summed E-state index contributed by atoms with van der Waals surface area (Å²) in [6.07, 6.45) is 5.24. The van der Waals surface area contributed by atoms with Crippen molar-refractivity contribution in [1.82, 2.24) is 15.6 Å². The minimum Gasteiger partial charge on any atom is -0.497 e. The molecule has 2 aromatic carbocycles. The molecule has 0 saturated carbocycles. The van der Waals surface area contributed by atoms with Crippen molar-refractivity contribution >= 4 is 28.1 Å². The van der Waals surface area contributed by atoms with Crippen molar-refractivity contribution < 1.29 is 9.47 Å². The molecule has 0 bridgehead atoms.